The number of nitrogens with one attached hydrogen (secondary N) is 1. The molecule has 0 saturated carbocycles. The predicted molar refractivity (Wildman–Crippen MR) is 95.8 cm³/mol. The van der Waals surface area contributed by atoms with E-state index in [0.717, 1.165) is 17.7 Å². The summed E-state index contributed by atoms with van der Waals surface area (Å²) in [6, 6.07) is 7.24. The van der Waals surface area contributed by atoms with E-state index in [9.17, 15) is 4.79 Å². The number of carbonyl (C=O) groups is 1. The topological polar surface area (TPSA) is 85.8 Å². The average molecular weight is 357 g/mol. The van der Waals surface area contributed by atoms with Gasteiger partial charge in [0.1, 0.15) is 6.04 Å². The van der Waals surface area contributed by atoms with Crippen LogP contribution in [0, 0.1) is 0 Å². The molecule has 0 radical (unpaired) electrons. The highest BCUT2D eigenvalue weighted by atomic mass is 32.2. The summed E-state index contributed by atoms with van der Waals surface area (Å²) in [5.41, 5.74) is 0.772. The Bertz CT molecular complexity index is 788. The van der Waals surface area contributed by atoms with E-state index in [1.807, 2.05) is 41.4 Å². The standard InChI is InChI=1S/C17H19N5O2S/c1-25-10-6-14(22-8-2-3-9-22)17(23)19-12-15-20-16(21-24-15)13-5-4-7-18-11-13/h2-5,7-9,11,14H,6,10,12H2,1H3,(H,19,23)/t14-/m0/s1. The van der Waals surface area contributed by atoms with Crippen molar-refractivity contribution in [1.29, 1.82) is 0 Å². The highest BCUT2D eigenvalue weighted by Gasteiger charge is 2.20. The van der Waals surface area contributed by atoms with Gasteiger partial charge in [-0.2, -0.15) is 16.7 Å². The molecule has 0 saturated heterocycles. The molecule has 0 fully saturated rings. The van der Waals surface area contributed by atoms with E-state index < -0.39 is 0 Å². The molecule has 1 atom stereocenters. The van der Waals surface area contributed by atoms with E-state index in [1.54, 1.807) is 30.2 Å². The minimum Gasteiger partial charge on any atom is -0.345 e. The average Bonchev–Trinajstić information content (AvgIpc) is 3.33. The van der Waals surface area contributed by atoms with Crippen LogP contribution in [-0.4, -0.2) is 37.6 Å². The summed E-state index contributed by atoms with van der Waals surface area (Å²) in [5.74, 6) is 1.67. The molecule has 0 aliphatic rings. The van der Waals surface area contributed by atoms with Crippen LogP contribution in [0.5, 0.6) is 0 Å². The maximum Gasteiger partial charge on any atom is 0.246 e. The number of rotatable bonds is 8. The van der Waals surface area contributed by atoms with Crippen molar-refractivity contribution in [2.24, 2.45) is 0 Å². The first-order valence-corrected chi connectivity index (χ1v) is 9.29. The van der Waals surface area contributed by atoms with Crippen LogP contribution in [0.4, 0.5) is 0 Å². The third-order valence-corrected chi connectivity index (χ3v) is 4.33. The van der Waals surface area contributed by atoms with Crippen molar-refractivity contribution in [2.45, 2.75) is 19.0 Å². The largest absolute Gasteiger partial charge is 0.345 e. The third kappa shape index (κ3) is 4.48. The first-order chi connectivity index (χ1) is 12.3. The van der Waals surface area contributed by atoms with Crippen LogP contribution in [-0.2, 0) is 11.3 Å². The van der Waals surface area contributed by atoms with E-state index in [2.05, 4.69) is 20.4 Å². The number of hydrogen-bond donors (Lipinski definition) is 1. The fourth-order valence-electron chi connectivity index (χ4n) is 2.42. The lowest BCUT2D eigenvalue weighted by atomic mass is 10.2. The van der Waals surface area contributed by atoms with E-state index >= 15 is 0 Å². The van der Waals surface area contributed by atoms with Gasteiger partial charge in [0.15, 0.2) is 0 Å². The molecule has 0 aromatic carbocycles. The first kappa shape index (κ1) is 17.2. The lowest BCUT2D eigenvalue weighted by Crippen LogP contribution is -2.32. The molecule has 3 aromatic rings. The fourth-order valence-corrected chi connectivity index (χ4v) is 2.88. The van der Waals surface area contributed by atoms with Gasteiger partial charge in [-0.3, -0.25) is 9.78 Å². The Labute approximate surface area is 149 Å². The second-order valence-electron chi connectivity index (χ2n) is 5.40. The molecule has 3 aromatic heterocycles. The van der Waals surface area contributed by atoms with Crippen molar-refractivity contribution < 1.29 is 9.32 Å². The number of amides is 1. The van der Waals surface area contributed by atoms with Gasteiger partial charge < -0.3 is 14.4 Å². The Morgan fingerprint density at radius 1 is 1.36 bits per heavy atom. The normalized spacial score (nSPS) is 12.0. The van der Waals surface area contributed by atoms with Gasteiger partial charge in [0.05, 0.1) is 6.54 Å². The molecule has 3 rings (SSSR count). The summed E-state index contributed by atoms with van der Waals surface area (Å²) in [7, 11) is 0. The number of pyridine rings is 1. The monoisotopic (exact) mass is 357 g/mol. The molecule has 8 heteroatoms. The summed E-state index contributed by atoms with van der Waals surface area (Å²) in [5, 5.41) is 6.80. The summed E-state index contributed by atoms with van der Waals surface area (Å²) >= 11 is 1.72. The van der Waals surface area contributed by atoms with Crippen LogP contribution in [0.15, 0.2) is 53.6 Å². The number of nitrogens with zero attached hydrogens (tertiary/aromatic N) is 4. The zero-order valence-electron chi connectivity index (χ0n) is 13.8. The molecule has 1 amide bonds. The van der Waals surface area contributed by atoms with Crippen LogP contribution >= 0.6 is 11.8 Å². The van der Waals surface area contributed by atoms with Crippen LogP contribution in [0.1, 0.15) is 18.4 Å². The van der Waals surface area contributed by atoms with Gasteiger partial charge in [0, 0.05) is 30.4 Å². The quantitative estimate of drug-likeness (QED) is 0.667. The van der Waals surface area contributed by atoms with Crippen molar-refractivity contribution in [3.05, 3.63) is 54.9 Å². The first-order valence-electron chi connectivity index (χ1n) is 7.90. The lowest BCUT2D eigenvalue weighted by Gasteiger charge is -2.17. The van der Waals surface area contributed by atoms with E-state index in [4.69, 9.17) is 4.52 Å². The molecule has 1 N–H and O–H groups in total. The van der Waals surface area contributed by atoms with Gasteiger partial charge >= 0.3 is 0 Å². The molecule has 0 spiro atoms. The Balaban J connectivity index is 1.62. The van der Waals surface area contributed by atoms with Gasteiger partial charge in [-0.15, -0.1) is 0 Å². The van der Waals surface area contributed by atoms with Gasteiger partial charge in [0.25, 0.3) is 0 Å². The smallest absolute Gasteiger partial charge is 0.246 e. The molecule has 25 heavy (non-hydrogen) atoms. The Morgan fingerprint density at radius 3 is 2.92 bits per heavy atom. The number of aromatic nitrogens is 4. The number of thioether (sulfide) groups is 1. The molecule has 7 nitrogen and oxygen atoms in total. The molecule has 0 unspecified atom stereocenters. The molecule has 130 valence electrons. The fraction of sp³-hybridized carbons (Fsp3) is 0.294. The highest BCUT2D eigenvalue weighted by molar-refractivity contribution is 7.98. The highest BCUT2D eigenvalue weighted by Crippen LogP contribution is 2.16. The lowest BCUT2D eigenvalue weighted by molar-refractivity contribution is -0.124. The van der Waals surface area contributed by atoms with Crippen molar-refractivity contribution in [2.75, 3.05) is 12.0 Å². The van der Waals surface area contributed by atoms with Gasteiger partial charge in [-0.25, -0.2) is 0 Å². The predicted octanol–water partition coefficient (Wildman–Crippen LogP) is 2.54. The maximum atomic E-state index is 12.6. The van der Waals surface area contributed by atoms with E-state index in [1.165, 1.54) is 0 Å². The molecule has 0 aliphatic heterocycles. The van der Waals surface area contributed by atoms with Gasteiger partial charge in [0.2, 0.25) is 17.6 Å². The minimum absolute atomic E-state index is 0.0635. The summed E-state index contributed by atoms with van der Waals surface area (Å²) in [6.07, 6.45) is 9.93. The van der Waals surface area contributed by atoms with Gasteiger partial charge in [-0.05, 0) is 42.7 Å². The Kier molecular flexibility index (Phi) is 5.84. The number of hydrogen-bond acceptors (Lipinski definition) is 6. The summed E-state index contributed by atoms with van der Waals surface area (Å²) in [4.78, 5) is 20.9. The zero-order valence-corrected chi connectivity index (χ0v) is 14.6. The second kappa shape index (κ2) is 8.48. The van der Waals surface area contributed by atoms with E-state index in [0.29, 0.717) is 11.7 Å². The van der Waals surface area contributed by atoms with Crippen LogP contribution in [0.25, 0.3) is 11.4 Å². The molecular weight excluding hydrogens is 338 g/mol. The molecular formula is C17H19N5O2S. The zero-order chi connectivity index (χ0) is 17.5. The van der Waals surface area contributed by atoms with Crippen molar-refractivity contribution in [1.82, 2.24) is 25.0 Å². The Hall–Kier alpha value is -2.61. The summed E-state index contributed by atoms with van der Waals surface area (Å²) < 4.78 is 7.12. The minimum atomic E-state index is -0.247. The summed E-state index contributed by atoms with van der Waals surface area (Å²) in [6.45, 7) is 0.198. The third-order valence-electron chi connectivity index (χ3n) is 3.69. The number of carbonyl (C=O) groups excluding carboxylic acids is 1. The van der Waals surface area contributed by atoms with Crippen LogP contribution < -0.4 is 5.32 Å². The SMILES string of the molecule is CSCC[C@@H](C(=O)NCc1nc(-c2cccnc2)no1)n1cccc1. The molecule has 0 bridgehead atoms. The van der Waals surface area contributed by atoms with E-state index in [-0.39, 0.29) is 18.5 Å². The van der Waals surface area contributed by atoms with Crippen molar-refractivity contribution in [3.8, 4) is 11.4 Å². The molecule has 0 aliphatic carbocycles. The molecule has 3 heterocycles. The van der Waals surface area contributed by atoms with Crippen LogP contribution in [0.2, 0.25) is 0 Å². The van der Waals surface area contributed by atoms with Crippen molar-refractivity contribution in [3.63, 3.8) is 0 Å². The van der Waals surface area contributed by atoms with Crippen LogP contribution in [0.3, 0.4) is 0 Å². The maximum absolute atomic E-state index is 12.6. The second-order valence-corrected chi connectivity index (χ2v) is 6.38. The van der Waals surface area contributed by atoms with Gasteiger partial charge in [-0.1, -0.05) is 5.16 Å². The Morgan fingerprint density at radius 2 is 2.20 bits per heavy atom. The van der Waals surface area contributed by atoms with Crippen molar-refractivity contribution >= 4 is 17.7 Å².